The van der Waals surface area contributed by atoms with Crippen LogP contribution in [0.4, 0.5) is 0 Å². The number of rotatable bonds is 5. The van der Waals surface area contributed by atoms with Crippen molar-refractivity contribution in [1.82, 2.24) is 10.6 Å². The van der Waals surface area contributed by atoms with Gasteiger partial charge in [-0.2, -0.15) is 0 Å². The summed E-state index contributed by atoms with van der Waals surface area (Å²) in [6.45, 7) is 8.13. The summed E-state index contributed by atoms with van der Waals surface area (Å²) in [6, 6.07) is 1.11. The highest BCUT2D eigenvalue weighted by Crippen LogP contribution is 2.26. The molecule has 1 heterocycles. The van der Waals surface area contributed by atoms with Crippen molar-refractivity contribution < 1.29 is 19.1 Å². The molecule has 0 saturated heterocycles. The van der Waals surface area contributed by atoms with Crippen LogP contribution in [0.25, 0.3) is 0 Å². The van der Waals surface area contributed by atoms with Crippen LogP contribution in [0.2, 0.25) is 0 Å². The van der Waals surface area contributed by atoms with Crippen LogP contribution in [0.1, 0.15) is 37.9 Å². The number of amides is 2. The maximum absolute atomic E-state index is 11.8. The van der Waals surface area contributed by atoms with Crippen LogP contribution in [0.3, 0.4) is 0 Å². The third-order valence-corrected chi connectivity index (χ3v) is 3.04. The number of carbonyl (C=O) groups is 2. The lowest BCUT2D eigenvalue weighted by Crippen LogP contribution is -2.47. The van der Waals surface area contributed by atoms with E-state index in [1.807, 2.05) is 0 Å². The molecule has 0 aliphatic heterocycles. The molecular weight excluding hydrogens is 260 g/mol. The molecule has 20 heavy (non-hydrogen) atoms. The van der Waals surface area contributed by atoms with Gasteiger partial charge in [0, 0.05) is 12.5 Å². The average Bonchev–Trinajstić information content (AvgIpc) is 2.65. The second kappa shape index (κ2) is 6.09. The van der Waals surface area contributed by atoms with Crippen molar-refractivity contribution in [2.45, 2.75) is 46.3 Å². The fourth-order valence-corrected chi connectivity index (χ4v) is 2.04. The number of carbonyl (C=O) groups excluding carboxylic acids is 2. The van der Waals surface area contributed by atoms with E-state index in [9.17, 15) is 14.7 Å². The molecule has 2 unspecified atom stereocenters. The summed E-state index contributed by atoms with van der Waals surface area (Å²) in [5, 5.41) is 15.5. The summed E-state index contributed by atoms with van der Waals surface area (Å²) in [5.74, 6) is 0.700. The van der Waals surface area contributed by atoms with Gasteiger partial charge in [-0.3, -0.25) is 9.59 Å². The molecule has 6 nitrogen and oxygen atoms in total. The van der Waals surface area contributed by atoms with E-state index in [0.717, 1.165) is 0 Å². The molecule has 0 aromatic carbocycles. The number of hydrogen-bond acceptors (Lipinski definition) is 4. The Labute approximate surface area is 118 Å². The first-order valence-electron chi connectivity index (χ1n) is 6.48. The van der Waals surface area contributed by atoms with E-state index in [-0.39, 0.29) is 18.4 Å². The van der Waals surface area contributed by atoms with Gasteiger partial charge in [-0.25, -0.2) is 0 Å². The monoisotopic (exact) mass is 282 g/mol. The molecule has 0 radical (unpaired) electrons. The van der Waals surface area contributed by atoms with Gasteiger partial charge in [-0.05, 0) is 33.8 Å². The van der Waals surface area contributed by atoms with Crippen LogP contribution in [0.15, 0.2) is 10.5 Å². The maximum Gasteiger partial charge on any atom is 0.242 e. The largest absolute Gasteiger partial charge is 0.466 e. The fraction of sp³-hybridized carbons (Fsp3) is 0.571. The number of aliphatic hydroxyl groups is 1. The van der Waals surface area contributed by atoms with Crippen molar-refractivity contribution in [3.8, 4) is 0 Å². The molecule has 3 N–H and O–H groups in total. The highest BCUT2D eigenvalue weighted by molar-refractivity contribution is 5.86. The van der Waals surface area contributed by atoms with Gasteiger partial charge >= 0.3 is 0 Å². The Hall–Kier alpha value is -1.82. The standard InChI is InChI=1S/C14H22N2O4/c1-8-6-12(10(3)20-8)14(5,19)7-15-13(18)9(2)16-11(4)17/h6,9,19H,7H2,1-5H3,(H,15,18)(H,16,17). The Kier molecular flexibility index (Phi) is 4.94. The van der Waals surface area contributed by atoms with E-state index in [1.54, 1.807) is 33.8 Å². The second-order valence-electron chi connectivity index (χ2n) is 5.24. The van der Waals surface area contributed by atoms with Gasteiger partial charge in [0.2, 0.25) is 11.8 Å². The number of aryl methyl sites for hydroxylation is 2. The van der Waals surface area contributed by atoms with Crippen molar-refractivity contribution in [2.24, 2.45) is 0 Å². The Balaban J connectivity index is 2.66. The predicted octanol–water partition coefficient (Wildman–Crippen LogP) is 0.745. The van der Waals surface area contributed by atoms with E-state index in [0.29, 0.717) is 17.1 Å². The van der Waals surface area contributed by atoms with Gasteiger partial charge in [0.05, 0.1) is 6.54 Å². The molecule has 1 aromatic rings. The molecule has 0 aliphatic carbocycles. The third-order valence-electron chi connectivity index (χ3n) is 3.04. The molecule has 112 valence electrons. The number of hydrogen-bond donors (Lipinski definition) is 3. The summed E-state index contributed by atoms with van der Waals surface area (Å²) < 4.78 is 5.38. The van der Waals surface area contributed by atoms with Crippen LogP contribution in [0.5, 0.6) is 0 Å². The fourth-order valence-electron chi connectivity index (χ4n) is 2.04. The lowest BCUT2D eigenvalue weighted by molar-refractivity contribution is -0.128. The smallest absolute Gasteiger partial charge is 0.242 e. The van der Waals surface area contributed by atoms with E-state index in [2.05, 4.69) is 10.6 Å². The summed E-state index contributed by atoms with van der Waals surface area (Å²) in [6.07, 6.45) is 0. The maximum atomic E-state index is 11.8. The molecule has 0 bridgehead atoms. The van der Waals surface area contributed by atoms with E-state index >= 15 is 0 Å². The molecule has 6 heteroatoms. The zero-order chi connectivity index (χ0) is 15.5. The summed E-state index contributed by atoms with van der Waals surface area (Å²) in [7, 11) is 0. The molecule has 0 saturated carbocycles. The highest BCUT2D eigenvalue weighted by Gasteiger charge is 2.28. The lowest BCUT2D eigenvalue weighted by atomic mass is 9.96. The van der Waals surface area contributed by atoms with Gasteiger partial charge in [-0.15, -0.1) is 0 Å². The molecule has 1 aromatic heterocycles. The average molecular weight is 282 g/mol. The van der Waals surface area contributed by atoms with Crippen LogP contribution < -0.4 is 10.6 Å². The molecule has 2 amide bonds. The first-order chi connectivity index (χ1) is 9.13. The summed E-state index contributed by atoms with van der Waals surface area (Å²) in [4.78, 5) is 22.7. The van der Waals surface area contributed by atoms with Gasteiger partial charge in [-0.1, -0.05) is 0 Å². The Morgan fingerprint density at radius 1 is 1.45 bits per heavy atom. The molecule has 0 fully saturated rings. The van der Waals surface area contributed by atoms with E-state index < -0.39 is 11.6 Å². The zero-order valence-electron chi connectivity index (χ0n) is 12.5. The molecule has 2 atom stereocenters. The number of nitrogens with one attached hydrogen (secondary N) is 2. The molecular formula is C14H22N2O4. The Bertz CT molecular complexity index is 505. The van der Waals surface area contributed by atoms with Gasteiger partial charge in [0.25, 0.3) is 0 Å². The topological polar surface area (TPSA) is 91.6 Å². The van der Waals surface area contributed by atoms with E-state index in [4.69, 9.17) is 4.42 Å². The van der Waals surface area contributed by atoms with E-state index in [1.165, 1.54) is 6.92 Å². The normalized spacial score (nSPS) is 15.3. The van der Waals surface area contributed by atoms with Gasteiger partial charge in [0.15, 0.2) is 0 Å². The summed E-state index contributed by atoms with van der Waals surface area (Å²) >= 11 is 0. The molecule has 1 rings (SSSR count). The van der Waals surface area contributed by atoms with Crippen molar-refractivity contribution in [2.75, 3.05) is 6.54 Å². The van der Waals surface area contributed by atoms with Crippen LogP contribution in [0, 0.1) is 13.8 Å². The van der Waals surface area contributed by atoms with Crippen molar-refractivity contribution in [1.29, 1.82) is 0 Å². The van der Waals surface area contributed by atoms with Crippen molar-refractivity contribution in [3.05, 3.63) is 23.2 Å². The highest BCUT2D eigenvalue weighted by atomic mass is 16.3. The van der Waals surface area contributed by atoms with Crippen molar-refractivity contribution >= 4 is 11.8 Å². The quantitative estimate of drug-likeness (QED) is 0.743. The first kappa shape index (κ1) is 16.2. The van der Waals surface area contributed by atoms with Crippen LogP contribution in [-0.4, -0.2) is 29.5 Å². The lowest BCUT2D eigenvalue weighted by Gasteiger charge is -2.24. The van der Waals surface area contributed by atoms with Gasteiger partial charge in [0.1, 0.15) is 23.2 Å². The Morgan fingerprint density at radius 2 is 2.05 bits per heavy atom. The molecule has 0 aliphatic rings. The Morgan fingerprint density at radius 3 is 2.50 bits per heavy atom. The SMILES string of the molecule is CC(=O)NC(C)C(=O)NCC(C)(O)c1cc(C)oc1C. The number of furan rings is 1. The minimum atomic E-state index is -1.23. The van der Waals surface area contributed by atoms with Gasteiger partial charge < -0.3 is 20.2 Å². The molecule has 0 spiro atoms. The minimum Gasteiger partial charge on any atom is -0.466 e. The van der Waals surface area contributed by atoms with Crippen LogP contribution >= 0.6 is 0 Å². The van der Waals surface area contributed by atoms with Crippen molar-refractivity contribution in [3.63, 3.8) is 0 Å². The second-order valence-corrected chi connectivity index (χ2v) is 5.24. The first-order valence-corrected chi connectivity index (χ1v) is 6.48. The zero-order valence-corrected chi connectivity index (χ0v) is 12.5. The summed E-state index contributed by atoms with van der Waals surface area (Å²) in [5.41, 5.74) is -0.588. The predicted molar refractivity (Wildman–Crippen MR) is 74.0 cm³/mol. The van der Waals surface area contributed by atoms with Crippen LogP contribution in [-0.2, 0) is 15.2 Å². The minimum absolute atomic E-state index is 0.0373. The third kappa shape index (κ3) is 4.09.